The third kappa shape index (κ3) is 4.59. The van der Waals surface area contributed by atoms with Gasteiger partial charge >= 0.3 is 0 Å². The SMILES string of the molecule is CC[C@H](C)[C@H](NC(=O)c1cccc(F)c1)c1nc(-c2ccc(OC)c(OC)c2)no1. The van der Waals surface area contributed by atoms with Crippen molar-refractivity contribution in [3.63, 3.8) is 0 Å². The fraction of sp³-hybridized carbons (Fsp3) is 0.318. The molecule has 0 fully saturated rings. The summed E-state index contributed by atoms with van der Waals surface area (Å²) in [5, 5.41) is 6.94. The zero-order valence-corrected chi connectivity index (χ0v) is 17.3. The molecular formula is C22H24FN3O4. The Bertz CT molecular complexity index is 1020. The zero-order valence-electron chi connectivity index (χ0n) is 17.3. The molecule has 8 heteroatoms. The fourth-order valence-electron chi connectivity index (χ4n) is 2.99. The van der Waals surface area contributed by atoms with E-state index in [4.69, 9.17) is 14.0 Å². The quantitative estimate of drug-likeness (QED) is 0.589. The molecule has 0 spiro atoms. The van der Waals surface area contributed by atoms with Gasteiger partial charge < -0.3 is 19.3 Å². The molecule has 1 heterocycles. The normalized spacial score (nSPS) is 12.8. The molecule has 0 saturated carbocycles. The zero-order chi connectivity index (χ0) is 21.7. The van der Waals surface area contributed by atoms with Gasteiger partial charge in [0.15, 0.2) is 11.5 Å². The Hall–Kier alpha value is -3.42. The lowest BCUT2D eigenvalue weighted by atomic mass is 9.98. The molecule has 1 amide bonds. The number of aromatic nitrogens is 2. The summed E-state index contributed by atoms with van der Waals surface area (Å²) in [6.45, 7) is 3.97. The highest BCUT2D eigenvalue weighted by Crippen LogP contribution is 2.32. The largest absolute Gasteiger partial charge is 0.493 e. The van der Waals surface area contributed by atoms with Gasteiger partial charge in [-0.3, -0.25) is 4.79 Å². The van der Waals surface area contributed by atoms with E-state index in [1.807, 2.05) is 13.8 Å². The minimum atomic E-state index is -0.521. The van der Waals surface area contributed by atoms with Crippen LogP contribution in [0.2, 0.25) is 0 Å². The summed E-state index contributed by atoms with van der Waals surface area (Å²) in [5.41, 5.74) is 0.907. The number of methoxy groups -OCH3 is 2. The number of ether oxygens (including phenoxy) is 2. The number of halogens is 1. The van der Waals surface area contributed by atoms with Crippen LogP contribution < -0.4 is 14.8 Å². The second kappa shape index (κ2) is 9.39. The van der Waals surface area contributed by atoms with Gasteiger partial charge in [0.25, 0.3) is 5.91 Å². The summed E-state index contributed by atoms with van der Waals surface area (Å²) in [7, 11) is 3.10. The van der Waals surface area contributed by atoms with Crippen molar-refractivity contribution < 1.29 is 23.2 Å². The third-order valence-corrected chi connectivity index (χ3v) is 4.94. The molecule has 2 aromatic carbocycles. The number of rotatable bonds is 8. The van der Waals surface area contributed by atoms with Crippen LogP contribution in [-0.2, 0) is 0 Å². The van der Waals surface area contributed by atoms with Gasteiger partial charge in [-0.15, -0.1) is 0 Å². The van der Waals surface area contributed by atoms with Crippen LogP contribution in [0.3, 0.4) is 0 Å². The number of benzene rings is 2. The van der Waals surface area contributed by atoms with Gasteiger partial charge in [-0.1, -0.05) is 31.5 Å². The standard InChI is InChI=1S/C22H24FN3O4/c1-5-13(2)19(24-21(27)15-7-6-8-16(23)11-15)22-25-20(26-30-22)14-9-10-17(28-3)18(12-14)29-4/h6-13,19H,5H2,1-4H3,(H,24,27)/t13-,19-/m0/s1. The lowest BCUT2D eigenvalue weighted by Gasteiger charge is -2.20. The van der Waals surface area contributed by atoms with Crippen molar-refractivity contribution in [1.29, 1.82) is 0 Å². The number of nitrogens with one attached hydrogen (secondary N) is 1. The molecule has 1 N–H and O–H groups in total. The summed E-state index contributed by atoms with van der Waals surface area (Å²) in [6.07, 6.45) is 0.766. The second-order valence-electron chi connectivity index (χ2n) is 6.87. The minimum absolute atomic E-state index is 0.0150. The highest BCUT2D eigenvalue weighted by molar-refractivity contribution is 5.94. The summed E-state index contributed by atoms with van der Waals surface area (Å²) in [4.78, 5) is 17.1. The van der Waals surface area contributed by atoms with Crippen LogP contribution in [0.15, 0.2) is 47.0 Å². The van der Waals surface area contributed by atoms with Crippen molar-refractivity contribution in [3.05, 3.63) is 59.7 Å². The molecule has 2 atom stereocenters. The predicted molar refractivity (Wildman–Crippen MR) is 109 cm³/mol. The van der Waals surface area contributed by atoms with E-state index in [-0.39, 0.29) is 17.4 Å². The van der Waals surface area contributed by atoms with E-state index < -0.39 is 17.8 Å². The van der Waals surface area contributed by atoms with Gasteiger partial charge in [0.05, 0.1) is 14.2 Å². The molecule has 158 valence electrons. The van der Waals surface area contributed by atoms with Crippen LogP contribution in [-0.4, -0.2) is 30.3 Å². The smallest absolute Gasteiger partial charge is 0.252 e. The van der Waals surface area contributed by atoms with Gasteiger partial charge in [0.2, 0.25) is 11.7 Å². The Balaban J connectivity index is 1.88. The number of carbonyl (C=O) groups excluding carboxylic acids is 1. The third-order valence-electron chi connectivity index (χ3n) is 4.94. The van der Waals surface area contributed by atoms with E-state index in [0.717, 1.165) is 6.42 Å². The maximum absolute atomic E-state index is 13.5. The van der Waals surface area contributed by atoms with Crippen LogP contribution in [0.5, 0.6) is 11.5 Å². The summed E-state index contributed by atoms with van der Waals surface area (Å²) < 4.78 is 29.5. The molecule has 7 nitrogen and oxygen atoms in total. The van der Waals surface area contributed by atoms with E-state index in [0.29, 0.717) is 22.9 Å². The lowest BCUT2D eigenvalue weighted by Crippen LogP contribution is -2.32. The summed E-state index contributed by atoms with van der Waals surface area (Å²) in [6, 6.07) is 10.3. The Morgan fingerprint density at radius 1 is 1.17 bits per heavy atom. The Morgan fingerprint density at radius 2 is 1.93 bits per heavy atom. The van der Waals surface area contributed by atoms with Crippen LogP contribution >= 0.6 is 0 Å². The number of hydrogen-bond acceptors (Lipinski definition) is 6. The van der Waals surface area contributed by atoms with Crippen molar-refractivity contribution in [2.75, 3.05) is 14.2 Å². The van der Waals surface area contributed by atoms with E-state index in [2.05, 4.69) is 15.5 Å². The van der Waals surface area contributed by atoms with Crippen LogP contribution in [0.4, 0.5) is 4.39 Å². The molecule has 3 rings (SSSR count). The Kier molecular flexibility index (Phi) is 6.66. The first-order valence-corrected chi connectivity index (χ1v) is 9.59. The number of hydrogen-bond donors (Lipinski definition) is 1. The molecule has 0 radical (unpaired) electrons. The van der Waals surface area contributed by atoms with Crippen LogP contribution in [0.25, 0.3) is 11.4 Å². The maximum atomic E-state index is 13.5. The molecule has 1 aromatic heterocycles. The van der Waals surface area contributed by atoms with Crippen molar-refractivity contribution in [2.45, 2.75) is 26.3 Å². The number of carbonyl (C=O) groups is 1. The van der Waals surface area contributed by atoms with Crippen LogP contribution in [0.1, 0.15) is 42.6 Å². The van der Waals surface area contributed by atoms with Gasteiger partial charge in [0.1, 0.15) is 11.9 Å². The number of nitrogens with zero attached hydrogens (tertiary/aromatic N) is 2. The van der Waals surface area contributed by atoms with Crippen molar-refractivity contribution >= 4 is 5.91 Å². The van der Waals surface area contributed by atoms with Gasteiger partial charge in [0, 0.05) is 11.1 Å². The van der Waals surface area contributed by atoms with E-state index in [9.17, 15) is 9.18 Å². The highest BCUT2D eigenvalue weighted by Gasteiger charge is 2.27. The molecule has 0 saturated heterocycles. The maximum Gasteiger partial charge on any atom is 0.252 e. The van der Waals surface area contributed by atoms with Crippen molar-refractivity contribution in [3.8, 4) is 22.9 Å². The Labute approximate surface area is 174 Å². The second-order valence-corrected chi connectivity index (χ2v) is 6.87. The summed E-state index contributed by atoms with van der Waals surface area (Å²) >= 11 is 0. The monoisotopic (exact) mass is 413 g/mol. The van der Waals surface area contributed by atoms with Crippen LogP contribution in [0, 0.1) is 11.7 Å². The molecule has 0 unspecified atom stereocenters. The fourth-order valence-corrected chi connectivity index (χ4v) is 2.99. The minimum Gasteiger partial charge on any atom is -0.493 e. The molecular weight excluding hydrogens is 389 g/mol. The van der Waals surface area contributed by atoms with Gasteiger partial charge in [-0.25, -0.2) is 4.39 Å². The molecule has 0 bridgehead atoms. The van der Waals surface area contributed by atoms with E-state index >= 15 is 0 Å². The van der Waals surface area contributed by atoms with Gasteiger partial charge in [-0.05, 0) is 42.3 Å². The van der Waals surface area contributed by atoms with Crippen molar-refractivity contribution in [1.82, 2.24) is 15.5 Å². The molecule has 0 aliphatic rings. The molecule has 0 aliphatic carbocycles. The first kappa shape index (κ1) is 21.3. The average molecular weight is 413 g/mol. The molecule has 3 aromatic rings. The highest BCUT2D eigenvalue weighted by atomic mass is 19.1. The van der Waals surface area contributed by atoms with Crippen molar-refractivity contribution in [2.24, 2.45) is 5.92 Å². The van der Waals surface area contributed by atoms with E-state index in [1.165, 1.54) is 18.2 Å². The lowest BCUT2D eigenvalue weighted by molar-refractivity contribution is 0.0909. The van der Waals surface area contributed by atoms with Gasteiger partial charge in [-0.2, -0.15) is 4.98 Å². The first-order valence-electron chi connectivity index (χ1n) is 9.59. The van der Waals surface area contributed by atoms with E-state index in [1.54, 1.807) is 38.5 Å². The Morgan fingerprint density at radius 3 is 2.60 bits per heavy atom. The average Bonchev–Trinajstić information content (AvgIpc) is 3.26. The number of amides is 1. The first-order chi connectivity index (χ1) is 14.5. The summed E-state index contributed by atoms with van der Waals surface area (Å²) in [5.74, 6) is 0.894. The molecule has 30 heavy (non-hydrogen) atoms. The topological polar surface area (TPSA) is 86.5 Å². The predicted octanol–water partition coefficient (Wildman–Crippen LogP) is 4.41. The molecule has 0 aliphatic heterocycles.